The largest absolute Gasteiger partial charge is 0.383 e. The average molecular weight is 245 g/mol. The molecule has 0 atom stereocenters. The molecule has 0 saturated carbocycles. The molecule has 0 aliphatic carbocycles. The molecular formula is C10H13ClN2O3. The fourth-order valence-electron chi connectivity index (χ4n) is 1.34. The van der Waals surface area contributed by atoms with E-state index in [2.05, 4.69) is 0 Å². The Balaban J connectivity index is 3.02. The Labute approximate surface area is 98.7 Å². The number of ether oxygens (including phenoxy) is 1. The second-order valence-electron chi connectivity index (χ2n) is 3.28. The molecule has 16 heavy (non-hydrogen) atoms. The van der Waals surface area contributed by atoms with Crippen LogP contribution in [0.3, 0.4) is 0 Å². The van der Waals surface area contributed by atoms with Crippen molar-refractivity contribution >= 4 is 23.0 Å². The maximum Gasteiger partial charge on any atom is 0.310 e. The molecule has 0 saturated heterocycles. The van der Waals surface area contributed by atoms with Crippen LogP contribution in [0.2, 0.25) is 5.02 Å². The first-order chi connectivity index (χ1) is 7.57. The monoisotopic (exact) mass is 244 g/mol. The zero-order valence-corrected chi connectivity index (χ0v) is 9.90. The van der Waals surface area contributed by atoms with Crippen LogP contribution in [-0.4, -0.2) is 32.2 Å². The van der Waals surface area contributed by atoms with Crippen molar-refractivity contribution in [2.45, 2.75) is 0 Å². The fourth-order valence-corrected chi connectivity index (χ4v) is 1.58. The highest BCUT2D eigenvalue weighted by Gasteiger charge is 2.20. The molecule has 1 aromatic rings. The third-order valence-corrected chi connectivity index (χ3v) is 2.50. The molecule has 1 rings (SSSR count). The highest BCUT2D eigenvalue weighted by molar-refractivity contribution is 6.33. The number of rotatable bonds is 5. The van der Waals surface area contributed by atoms with Crippen LogP contribution in [-0.2, 0) is 4.74 Å². The van der Waals surface area contributed by atoms with E-state index in [1.807, 2.05) is 0 Å². The van der Waals surface area contributed by atoms with Crippen LogP contribution in [0, 0.1) is 10.1 Å². The molecule has 0 fully saturated rings. The molecule has 6 heteroatoms. The second-order valence-corrected chi connectivity index (χ2v) is 3.69. The van der Waals surface area contributed by atoms with E-state index in [-0.39, 0.29) is 10.7 Å². The van der Waals surface area contributed by atoms with Gasteiger partial charge in [-0.25, -0.2) is 0 Å². The predicted octanol–water partition coefficient (Wildman–Crippen LogP) is 2.33. The lowest BCUT2D eigenvalue weighted by Gasteiger charge is -2.18. The van der Waals surface area contributed by atoms with Gasteiger partial charge in [0.05, 0.1) is 11.5 Å². The van der Waals surface area contributed by atoms with Gasteiger partial charge in [0.2, 0.25) is 0 Å². The zero-order valence-electron chi connectivity index (χ0n) is 9.14. The Bertz CT molecular complexity index is 384. The van der Waals surface area contributed by atoms with Crippen LogP contribution in [0.15, 0.2) is 18.2 Å². The molecule has 1 aromatic carbocycles. The van der Waals surface area contributed by atoms with Gasteiger partial charge in [0.1, 0.15) is 10.7 Å². The van der Waals surface area contributed by atoms with E-state index in [1.165, 1.54) is 6.07 Å². The lowest BCUT2D eigenvalue weighted by molar-refractivity contribution is -0.384. The summed E-state index contributed by atoms with van der Waals surface area (Å²) in [7, 11) is 3.35. The summed E-state index contributed by atoms with van der Waals surface area (Å²) in [5.41, 5.74) is 0.428. The quantitative estimate of drug-likeness (QED) is 0.589. The second kappa shape index (κ2) is 5.67. The third-order valence-electron chi connectivity index (χ3n) is 2.19. The van der Waals surface area contributed by atoms with E-state index >= 15 is 0 Å². The fraction of sp³-hybridized carbons (Fsp3) is 0.400. The molecule has 5 nitrogen and oxygen atoms in total. The molecule has 0 bridgehead atoms. The topological polar surface area (TPSA) is 55.6 Å². The van der Waals surface area contributed by atoms with Gasteiger partial charge in [-0.2, -0.15) is 0 Å². The van der Waals surface area contributed by atoms with Crippen molar-refractivity contribution in [1.82, 2.24) is 0 Å². The lowest BCUT2D eigenvalue weighted by atomic mass is 10.2. The molecule has 0 unspecified atom stereocenters. The minimum Gasteiger partial charge on any atom is -0.383 e. The van der Waals surface area contributed by atoms with Crippen LogP contribution in [0.4, 0.5) is 11.4 Å². The maximum atomic E-state index is 10.9. The number of nitrogens with zero attached hydrogens (tertiary/aromatic N) is 2. The predicted molar refractivity (Wildman–Crippen MR) is 63.3 cm³/mol. The van der Waals surface area contributed by atoms with Crippen molar-refractivity contribution in [3.63, 3.8) is 0 Å². The Morgan fingerprint density at radius 3 is 2.81 bits per heavy atom. The number of methoxy groups -OCH3 is 1. The zero-order chi connectivity index (χ0) is 12.1. The molecule has 0 aliphatic heterocycles. The van der Waals surface area contributed by atoms with Gasteiger partial charge in [0, 0.05) is 20.7 Å². The highest BCUT2D eigenvalue weighted by Crippen LogP contribution is 2.34. The number of para-hydroxylation sites is 1. The highest BCUT2D eigenvalue weighted by atomic mass is 35.5. The van der Waals surface area contributed by atoms with Crippen LogP contribution in [0.1, 0.15) is 0 Å². The number of nitro groups is 1. The van der Waals surface area contributed by atoms with Crippen molar-refractivity contribution in [2.75, 3.05) is 32.2 Å². The summed E-state index contributed by atoms with van der Waals surface area (Å²) in [4.78, 5) is 12.2. The molecule has 0 aliphatic rings. The van der Waals surface area contributed by atoms with Crippen molar-refractivity contribution < 1.29 is 9.66 Å². The van der Waals surface area contributed by atoms with Crippen LogP contribution < -0.4 is 4.90 Å². The molecule has 0 radical (unpaired) electrons. The van der Waals surface area contributed by atoms with Gasteiger partial charge in [0.25, 0.3) is 0 Å². The van der Waals surface area contributed by atoms with Gasteiger partial charge < -0.3 is 9.64 Å². The smallest absolute Gasteiger partial charge is 0.310 e. The SMILES string of the molecule is COCCN(C)c1cccc(Cl)c1[N+](=O)[O-]. The first-order valence-corrected chi connectivity index (χ1v) is 5.08. The van der Waals surface area contributed by atoms with Gasteiger partial charge >= 0.3 is 5.69 Å². The number of hydrogen-bond acceptors (Lipinski definition) is 4. The number of nitro benzene ring substituents is 1. The Morgan fingerprint density at radius 2 is 2.25 bits per heavy atom. The number of anilines is 1. The van der Waals surface area contributed by atoms with Crippen LogP contribution in [0.25, 0.3) is 0 Å². The summed E-state index contributed by atoms with van der Waals surface area (Å²) >= 11 is 5.80. The Kier molecular flexibility index (Phi) is 4.52. The van der Waals surface area contributed by atoms with Crippen molar-refractivity contribution in [3.05, 3.63) is 33.3 Å². The van der Waals surface area contributed by atoms with Crippen LogP contribution in [0.5, 0.6) is 0 Å². The summed E-state index contributed by atoms with van der Waals surface area (Å²) in [6.07, 6.45) is 0. The summed E-state index contributed by atoms with van der Waals surface area (Å²) in [6.45, 7) is 1.07. The number of benzene rings is 1. The summed E-state index contributed by atoms with van der Waals surface area (Å²) in [5, 5.41) is 11.0. The summed E-state index contributed by atoms with van der Waals surface area (Å²) in [6, 6.07) is 4.86. The minimum absolute atomic E-state index is 0.0669. The van der Waals surface area contributed by atoms with E-state index in [4.69, 9.17) is 16.3 Å². The minimum atomic E-state index is -0.471. The van der Waals surface area contributed by atoms with Gasteiger partial charge in [0.15, 0.2) is 0 Å². The van der Waals surface area contributed by atoms with E-state index in [0.29, 0.717) is 18.8 Å². The van der Waals surface area contributed by atoms with Gasteiger partial charge in [-0.3, -0.25) is 10.1 Å². The maximum absolute atomic E-state index is 10.9. The van der Waals surface area contributed by atoms with Gasteiger partial charge in [-0.1, -0.05) is 17.7 Å². The third kappa shape index (κ3) is 2.84. The molecule has 0 heterocycles. The molecule has 0 aromatic heterocycles. The number of halogens is 1. The standard InChI is InChI=1S/C10H13ClN2O3/c1-12(6-7-16-2)9-5-3-4-8(11)10(9)13(14)15/h3-5H,6-7H2,1-2H3. The Morgan fingerprint density at radius 1 is 1.56 bits per heavy atom. The molecule has 0 N–H and O–H groups in total. The van der Waals surface area contributed by atoms with Crippen molar-refractivity contribution in [3.8, 4) is 0 Å². The first kappa shape index (κ1) is 12.7. The molecule has 0 spiro atoms. The van der Waals surface area contributed by atoms with E-state index in [1.54, 1.807) is 31.2 Å². The average Bonchev–Trinajstić information content (AvgIpc) is 2.24. The van der Waals surface area contributed by atoms with Crippen molar-refractivity contribution in [1.29, 1.82) is 0 Å². The van der Waals surface area contributed by atoms with Gasteiger partial charge in [-0.15, -0.1) is 0 Å². The summed E-state index contributed by atoms with van der Waals surface area (Å²) < 4.78 is 4.92. The number of hydrogen-bond donors (Lipinski definition) is 0. The van der Waals surface area contributed by atoms with E-state index in [9.17, 15) is 10.1 Å². The molecular weight excluding hydrogens is 232 g/mol. The van der Waals surface area contributed by atoms with E-state index < -0.39 is 4.92 Å². The molecule has 0 amide bonds. The first-order valence-electron chi connectivity index (χ1n) is 4.71. The number of likely N-dealkylation sites (N-methyl/N-ethyl adjacent to an activating group) is 1. The van der Waals surface area contributed by atoms with E-state index in [0.717, 1.165) is 0 Å². The van der Waals surface area contributed by atoms with Gasteiger partial charge in [-0.05, 0) is 12.1 Å². The summed E-state index contributed by atoms with van der Waals surface area (Å²) in [5.74, 6) is 0. The lowest BCUT2D eigenvalue weighted by Crippen LogP contribution is -2.22. The normalized spacial score (nSPS) is 10.2. The molecule has 88 valence electrons. The Hall–Kier alpha value is -1.33. The van der Waals surface area contributed by atoms with Crippen molar-refractivity contribution in [2.24, 2.45) is 0 Å². The van der Waals surface area contributed by atoms with Crippen LogP contribution >= 0.6 is 11.6 Å².